The van der Waals surface area contributed by atoms with E-state index in [2.05, 4.69) is 0 Å². The summed E-state index contributed by atoms with van der Waals surface area (Å²) in [5.74, 6) is -2.09. The SMILES string of the molecule is NCc1ccc(CS(=O)(=O)c2ccccc2F)c(F)c1. The number of hydrogen-bond donors (Lipinski definition) is 1. The van der Waals surface area contributed by atoms with Crippen LogP contribution in [-0.2, 0) is 22.1 Å². The molecule has 0 amide bonds. The fourth-order valence-corrected chi connectivity index (χ4v) is 3.26. The third kappa shape index (κ3) is 3.02. The lowest BCUT2D eigenvalue weighted by molar-refractivity contribution is 0.563. The van der Waals surface area contributed by atoms with Crippen molar-refractivity contribution in [1.82, 2.24) is 0 Å². The molecule has 0 aliphatic carbocycles. The van der Waals surface area contributed by atoms with Crippen LogP contribution in [0.25, 0.3) is 0 Å². The van der Waals surface area contributed by atoms with Crippen molar-refractivity contribution in [3.63, 3.8) is 0 Å². The maximum absolute atomic E-state index is 13.8. The van der Waals surface area contributed by atoms with Crippen LogP contribution in [0.2, 0.25) is 0 Å². The van der Waals surface area contributed by atoms with E-state index in [0.717, 1.165) is 12.1 Å². The molecule has 0 spiro atoms. The first-order chi connectivity index (χ1) is 9.44. The van der Waals surface area contributed by atoms with Gasteiger partial charge in [-0.1, -0.05) is 24.3 Å². The van der Waals surface area contributed by atoms with Crippen LogP contribution in [0.5, 0.6) is 0 Å². The number of nitrogens with two attached hydrogens (primary N) is 1. The molecule has 0 aromatic heterocycles. The Labute approximate surface area is 116 Å². The zero-order chi connectivity index (χ0) is 14.8. The van der Waals surface area contributed by atoms with Gasteiger partial charge in [0.05, 0.1) is 5.75 Å². The topological polar surface area (TPSA) is 60.2 Å². The fraction of sp³-hybridized carbons (Fsp3) is 0.143. The number of benzene rings is 2. The highest BCUT2D eigenvalue weighted by Crippen LogP contribution is 2.21. The molecule has 0 aliphatic heterocycles. The summed E-state index contributed by atoms with van der Waals surface area (Å²) in [6.45, 7) is 0.164. The Morgan fingerprint density at radius 1 is 1.00 bits per heavy atom. The predicted molar refractivity (Wildman–Crippen MR) is 71.6 cm³/mol. The minimum atomic E-state index is -3.93. The van der Waals surface area contributed by atoms with Crippen LogP contribution in [0.3, 0.4) is 0 Å². The molecule has 0 saturated carbocycles. The minimum absolute atomic E-state index is 0.00884. The smallest absolute Gasteiger partial charge is 0.185 e. The second-order valence-electron chi connectivity index (χ2n) is 4.32. The average molecular weight is 297 g/mol. The molecule has 0 fully saturated rings. The van der Waals surface area contributed by atoms with Crippen molar-refractivity contribution in [1.29, 1.82) is 0 Å². The fourth-order valence-electron chi connectivity index (χ4n) is 1.81. The van der Waals surface area contributed by atoms with E-state index in [1.54, 1.807) is 6.07 Å². The van der Waals surface area contributed by atoms with Gasteiger partial charge in [-0.05, 0) is 23.8 Å². The Bertz CT molecular complexity index is 730. The van der Waals surface area contributed by atoms with Gasteiger partial charge in [0.25, 0.3) is 0 Å². The summed E-state index contributed by atoms with van der Waals surface area (Å²) in [6, 6.07) is 9.13. The second-order valence-corrected chi connectivity index (χ2v) is 6.28. The van der Waals surface area contributed by atoms with E-state index in [4.69, 9.17) is 5.73 Å². The Hall–Kier alpha value is -1.79. The molecule has 2 aromatic rings. The van der Waals surface area contributed by atoms with Crippen LogP contribution >= 0.6 is 0 Å². The quantitative estimate of drug-likeness (QED) is 0.942. The van der Waals surface area contributed by atoms with Crippen LogP contribution in [-0.4, -0.2) is 8.42 Å². The summed E-state index contributed by atoms with van der Waals surface area (Å²) < 4.78 is 51.5. The van der Waals surface area contributed by atoms with E-state index in [9.17, 15) is 17.2 Å². The van der Waals surface area contributed by atoms with Gasteiger partial charge in [0.2, 0.25) is 0 Å². The van der Waals surface area contributed by atoms with Crippen molar-refractivity contribution in [2.24, 2.45) is 5.73 Å². The molecule has 106 valence electrons. The molecule has 20 heavy (non-hydrogen) atoms. The number of halogens is 2. The standard InChI is InChI=1S/C14H13F2NO2S/c15-12-3-1-2-4-14(12)20(18,19)9-11-6-5-10(8-17)7-13(11)16/h1-7H,8-9,17H2. The van der Waals surface area contributed by atoms with Crippen molar-refractivity contribution < 1.29 is 17.2 Å². The zero-order valence-electron chi connectivity index (χ0n) is 10.5. The van der Waals surface area contributed by atoms with Gasteiger partial charge in [0, 0.05) is 12.1 Å². The van der Waals surface area contributed by atoms with E-state index in [1.165, 1.54) is 24.3 Å². The molecular weight excluding hydrogens is 284 g/mol. The minimum Gasteiger partial charge on any atom is -0.326 e. The van der Waals surface area contributed by atoms with Crippen molar-refractivity contribution >= 4 is 9.84 Å². The monoisotopic (exact) mass is 297 g/mol. The molecule has 0 saturated heterocycles. The van der Waals surface area contributed by atoms with Crippen molar-refractivity contribution in [3.05, 3.63) is 65.2 Å². The predicted octanol–water partition coefficient (Wildman–Crippen LogP) is 2.40. The molecule has 0 radical (unpaired) electrons. The summed E-state index contributed by atoms with van der Waals surface area (Å²) in [4.78, 5) is -0.428. The van der Waals surface area contributed by atoms with E-state index < -0.39 is 32.1 Å². The van der Waals surface area contributed by atoms with Crippen LogP contribution in [0.1, 0.15) is 11.1 Å². The number of sulfone groups is 1. The van der Waals surface area contributed by atoms with Gasteiger partial charge >= 0.3 is 0 Å². The maximum Gasteiger partial charge on any atom is 0.185 e. The molecule has 0 unspecified atom stereocenters. The molecular formula is C14H13F2NO2S. The highest BCUT2D eigenvalue weighted by Gasteiger charge is 2.21. The molecule has 2 aromatic carbocycles. The third-order valence-corrected chi connectivity index (χ3v) is 4.56. The lowest BCUT2D eigenvalue weighted by Crippen LogP contribution is -2.09. The highest BCUT2D eigenvalue weighted by atomic mass is 32.2. The normalized spacial score (nSPS) is 11.6. The molecule has 6 heteroatoms. The Balaban J connectivity index is 2.36. The molecule has 0 aliphatic rings. The van der Waals surface area contributed by atoms with Gasteiger partial charge in [-0.15, -0.1) is 0 Å². The second kappa shape index (κ2) is 5.68. The van der Waals surface area contributed by atoms with E-state index in [-0.39, 0.29) is 12.1 Å². The summed E-state index contributed by atoms with van der Waals surface area (Å²) in [6.07, 6.45) is 0. The molecule has 2 N–H and O–H groups in total. The summed E-state index contributed by atoms with van der Waals surface area (Å²) in [7, 11) is -3.93. The van der Waals surface area contributed by atoms with Crippen LogP contribution in [0.15, 0.2) is 47.4 Å². The van der Waals surface area contributed by atoms with Gasteiger partial charge < -0.3 is 5.73 Å². The average Bonchev–Trinajstić information content (AvgIpc) is 2.41. The first kappa shape index (κ1) is 14.6. The van der Waals surface area contributed by atoms with Crippen LogP contribution < -0.4 is 5.73 Å². The van der Waals surface area contributed by atoms with Crippen LogP contribution in [0.4, 0.5) is 8.78 Å². The first-order valence-corrected chi connectivity index (χ1v) is 7.54. The lowest BCUT2D eigenvalue weighted by Gasteiger charge is -2.07. The third-order valence-electron chi connectivity index (χ3n) is 2.87. The summed E-state index contributed by atoms with van der Waals surface area (Å²) in [5, 5.41) is 0. The molecule has 0 heterocycles. The molecule has 0 atom stereocenters. The Kier molecular flexibility index (Phi) is 4.15. The van der Waals surface area contributed by atoms with Gasteiger partial charge in [-0.2, -0.15) is 0 Å². The number of hydrogen-bond acceptors (Lipinski definition) is 3. The van der Waals surface area contributed by atoms with Crippen molar-refractivity contribution in [2.75, 3.05) is 0 Å². The van der Waals surface area contributed by atoms with E-state index in [0.29, 0.717) is 5.56 Å². The van der Waals surface area contributed by atoms with E-state index in [1.807, 2.05) is 0 Å². The van der Waals surface area contributed by atoms with Gasteiger partial charge in [0.15, 0.2) is 9.84 Å². The summed E-state index contributed by atoms with van der Waals surface area (Å²) >= 11 is 0. The van der Waals surface area contributed by atoms with Gasteiger partial charge in [-0.3, -0.25) is 0 Å². The van der Waals surface area contributed by atoms with Crippen molar-refractivity contribution in [3.8, 4) is 0 Å². The highest BCUT2D eigenvalue weighted by molar-refractivity contribution is 7.90. The largest absolute Gasteiger partial charge is 0.326 e. The van der Waals surface area contributed by atoms with Gasteiger partial charge in [0.1, 0.15) is 16.5 Å². The molecule has 2 rings (SSSR count). The van der Waals surface area contributed by atoms with Crippen LogP contribution in [0, 0.1) is 11.6 Å². The molecule has 0 bridgehead atoms. The lowest BCUT2D eigenvalue weighted by atomic mass is 10.1. The van der Waals surface area contributed by atoms with E-state index >= 15 is 0 Å². The van der Waals surface area contributed by atoms with Crippen molar-refractivity contribution in [2.45, 2.75) is 17.2 Å². The Morgan fingerprint density at radius 2 is 1.70 bits per heavy atom. The first-order valence-electron chi connectivity index (χ1n) is 5.88. The Morgan fingerprint density at radius 3 is 2.30 bits per heavy atom. The molecule has 3 nitrogen and oxygen atoms in total. The summed E-state index contributed by atoms with van der Waals surface area (Å²) in [5.41, 5.74) is 5.93. The maximum atomic E-state index is 13.8. The zero-order valence-corrected chi connectivity index (χ0v) is 11.3. The number of rotatable bonds is 4. The van der Waals surface area contributed by atoms with Gasteiger partial charge in [-0.25, -0.2) is 17.2 Å².